The highest BCUT2D eigenvalue weighted by Gasteiger charge is 2.18. The number of H-pyrrole nitrogens is 1. The van der Waals surface area contributed by atoms with Crippen LogP contribution in [0.5, 0.6) is 5.75 Å². The predicted molar refractivity (Wildman–Crippen MR) is 150 cm³/mol. The van der Waals surface area contributed by atoms with E-state index in [9.17, 15) is 19.6 Å². The average molecular weight is 556 g/mol. The summed E-state index contributed by atoms with van der Waals surface area (Å²) >= 11 is 1.29. The number of esters is 2. The lowest BCUT2D eigenvalue weighted by atomic mass is 9.95. The monoisotopic (exact) mass is 555 g/mol. The lowest BCUT2D eigenvalue weighted by Gasteiger charge is -2.13. The van der Waals surface area contributed by atoms with Crippen molar-refractivity contribution < 1.29 is 23.8 Å². The Morgan fingerprint density at radius 3 is 2.20 bits per heavy atom. The van der Waals surface area contributed by atoms with E-state index >= 15 is 0 Å². The fourth-order valence-corrected chi connectivity index (χ4v) is 4.89. The van der Waals surface area contributed by atoms with Gasteiger partial charge in [0, 0.05) is 11.3 Å². The molecule has 4 rings (SSSR count). The number of aromatic amines is 1. The van der Waals surface area contributed by atoms with Crippen LogP contribution in [0.25, 0.3) is 22.4 Å². The Kier molecular flexibility index (Phi) is 8.67. The van der Waals surface area contributed by atoms with E-state index in [4.69, 9.17) is 14.2 Å². The van der Waals surface area contributed by atoms with E-state index in [-0.39, 0.29) is 11.3 Å². The highest BCUT2D eigenvalue weighted by atomic mass is 32.2. The molecule has 0 aliphatic rings. The Morgan fingerprint density at radius 2 is 1.60 bits per heavy atom. The number of aromatic nitrogens is 2. The van der Waals surface area contributed by atoms with Crippen LogP contribution < -0.4 is 10.3 Å². The van der Waals surface area contributed by atoms with Crippen molar-refractivity contribution >= 4 is 23.7 Å². The molecule has 0 fully saturated rings. The summed E-state index contributed by atoms with van der Waals surface area (Å²) in [4.78, 5) is 44.1. The Morgan fingerprint density at radius 1 is 0.950 bits per heavy atom. The molecule has 202 valence electrons. The zero-order valence-electron chi connectivity index (χ0n) is 22.2. The molecule has 0 bridgehead atoms. The second-order valence-electron chi connectivity index (χ2n) is 8.62. The van der Waals surface area contributed by atoms with Crippen molar-refractivity contribution in [1.82, 2.24) is 9.97 Å². The summed E-state index contributed by atoms with van der Waals surface area (Å²) in [6.07, 6.45) is 0. The third kappa shape index (κ3) is 5.90. The van der Waals surface area contributed by atoms with Crippen molar-refractivity contribution in [2.75, 3.05) is 21.3 Å². The summed E-state index contributed by atoms with van der Waals surface area (Å²) < 4.78 is 15.1. The summed E-state index contributed by atoms with van der Waals surface area (Å²) in [5.74, 6) is 0.196. The van der Waals surface area contributed by atoms with Crippen molar-refractivity contribution in [3.05, 3.63) is 98.8 Å². The van der Waals surface area contributed by atoms with Gasteiger partial charge in [0.2, 0.25) is 0 Å². The number of methoxy groups -OCH3 is 3. The van der Waals surface area contributed by atoms with Gasteiger partial charge in [0.25, 0.3) is 5.56 Å². The van der Waals surface area contributed by atoms with Crippen LogP contribution in [0.3, 0.4) is 0 Å². The number of carbonyl (C=O) groups excluding carboxylic acids is 2. The molecule has 0 saturated carbocycles. The maximum atomic E-state index is 12.7. The van der Waals surface area contributed by atoms with Crippen molar-refractivity contribution in [1.29, 1.82) is 5.26 Å². The van der Waals surface area contributed by atoms with E-state index < -0.39 is 17.5 Å². The number of ether oxygens (including phenoxy) is 3. The molecule has 3 aromatic carbocycles. The molecule has 0 saturated heterocycles. The number of benzene rings is 3. The van der Waals surface area contributed by atoms with Crippen molar-refractivity contribution in [2.24, 2.45) is 0 Å². The number of nitrogens with one attached hydrogen (secondary N) is 1. The molecule has 0 amide bonds. The summed E-state index contributed by atoms with van der Waals surface area (Å²) in [7, 11) is 4.20. The van der Waals surface area contributed by atoms with Gasteiger partial charge >= 0.3 is 11.9 Å². The first-order chi connectivity index (χ1) is 19.3. The van der Waals surface area contributed by atoms with Gasteiger partial charge in [-0.25, -0.2) is 14.6 Å². The van der Waals surface area contributed by atoms with E-state index in [0.717, 1.165) is 16.7 Å². The molecule has 10 heteroatoms. The van der Waals surface area contributed by atoms with E-state index in [1.807, 2.05) is 13.0 Å². The Balaban J connectivity index is 1.65. The molecule has 40 heavy (non-hydrogen) atoms. The van der Waals surface area contributed by atoms with E-state index in [1.54, 1.807) is 67.8 Å². The van der Waals surface area contributed by atoms with Crippen molar-refractivity contribution in [3.8, 4) is 34.2 Å². The lowest BCUT2D eigenvalue weighted by Crippen LogP contribution is -2.14. The van der Waals surface area contributed by atoms with E-state index in [1.165, 1.54) is 26.0 Å². The van der Waals surface area contributed by atoms with Crippen LogP contribution in [0.15, 0.2) is 70.6 Å². The second kappa shape index (κ2) is 12.3. The van der Waals surface area contributed by atoms with Crippen molar-refractivity contribution in [3.63, 3.8) is 0 Å². The number of rotatable bonds is 8. The molecule has 0 aliphatic heterocycles. The minimum absolute atomic E-state index is 0.105. The number of hydrogen-bond donors (Lipinski definition) is 1. The van der Waals surface area contributed by atoms with Crippen LogP contribution >= 0.6 is 11.8 Å². The highest BCUT2D eigenvalue weighted by Crippen LogP contribution is 2.33. The third-order valence-electron chi connectivity index (χ3n) is 6.17. The van der Waals surface area contributed by atoms with E-state index in [0.29, 0.717) is 38.9 Å². The summed E-state index contributed by atoms with van der Waals surface area (Å²) in [6, 6.07) is 19.4. The molecule has 9 nitrogen and oxygen atoms in total. The summed E-state index contributed by atoms with van der Waals surface area (Å²) in [5, 5.41) is 10.0. The largest absolute Gasteiger partial charge is 0.496 e. The lowest BCUT2D eigenvalue weighted by molar-refractivity contribution is 0.0592. The van der Waals surface area contributed by atoms with Crippen molar-refractivity contribution in [2.45, 2.75) is 17.8 Å². The molecule has 1 N–H and O–H groups in total. The van der Waals surface area contributed by atoms with Gasteiger partial charge in [-0.15, -0.1) is 0 Å². The Bertz CT molecular complexity index is 1670. The first-order valence-corrected chi connectivity index (χ1v) is 13.0. The average Bonchev–Trinajstić information content (AvgIpc) is 2.99. The normalized spacial score (nSPS) is 10.5. The smallest absolute Gasteiger partial charge is 0.338 e. The number of aryl methyl sites for hydroxylation is 1. The number of hydrogen-bond acceptors (Lipinski definition) is 9. The maximum Gasteiger partial charge on any atom is 0.338 e. The molecule has 1 heterocycles. The molecule has 0 unspecified atom stereocenters. The highest BCUT2D eigenvalue weighted by molar-refractivity contribution is 7.98. The van der Waals surface area contributed by atoms with Crippen LogP contribution in [0.2, 0.25) is 0 Å². The molecule has 0 radical (unpaired) electrons. The van der Waals surface area contributed by atoms with Gasteiger partial charge in [0.15, 0.2) is 5.16 Å². The fourth-order valence-electron chi connectivity index (χ4n) is 4.07. The second-order valence-corrected chi connectivity index (χ2v) is 9.58. The van der Waals surface area contributed by atoms with Crippen LogP contribution in [0.1, 0.15) is 37.4 Å². The van der Waals surface area contributed by atoms with Crippen LogP contribution in [-0.4, -0.2) is 43.2 Å². The maximum absolute atomic E-state index is 12.7. The fraction of sp³-hybridized carbons (Fsp3) is 0.167. The first kappa shape index (κ1) is 28.1. The number of thioether (sulfide) groups is 1. The molecule has 0 spiro atoms. The number of nitriles is 1. The molecular weight excluding hydrogens is 530 g/mol. The van der Waals surface area contributed by atoms with Gasteiger partial charge in [0.1, 0.15) is 17.4 Å². The molecular formula is C30H25N3O6S. The SMILES string of the molecule is COC(=O)c1ccc(CSc2nc(-c3ccc(-c4cc(OC)c(C)cc4C(=O)OC)cc3)c(C#N)c(=O)[nH]2)cc1. The van der Waals surface area contributed by atoms with Crippen LogP contribution in [-0.2, 0) is 15.2 Å². The van der Waals surface area contributed by atoms with Crippen LogP contribution in [0, 0.1) is 18.3 Å². The van der Waals surface area contributed by atoms with E-state index in [2.05, 4.69) is 9.97 Å². The third-order valence-corrected chi connectivity index (χ3v) is 7.11. The van der Waals surface area contributed by atoms with Gasteiger partial charge in [0.05, 0.1) is 38.2 Å². The number of nitrogens with zero attached hydrogens (tertiary/aromatic N) is 2. The first-order valence-electron chi connectivity index (χ1n) is 12.0. The van der Waals surface area contributed by atoms with Gasteiger partial charge in [-0.2, -0.15) is 5.26 Å². The minimum atomic E-state index is -0.545. The zero-order chi connectivity index (χ0) is 28.8. The topological polar surface area (TPSA) is 131 Å². The van der Waals surface area contributed by atoms with Gasteiger partial charge < -0.3 is 19.2 Å². The quantitative estimate of drug-likeness (QED) is 0.178. The number of carbonyl (C=O) groups is 2. The molecule has 0 atom stereocenters. The molecule has 0 aliphatic carbocycles. The summed E-state index contributed by atoms with van der Waals surface area (Å²) in [5.41, 5.74) is 4.03. The summed E-state index contributed by atoms with van der Waals surface area (Å²) in [6.45, 7) is 1.84. The molecule has 4 aromatic rings. The minimum Gasteiger partial charge on any atom is -0.496 e. The van der Waals surface area contributed by atoms with Gasteiger partial charge in [-0.1, -0.05) is 48.2 Å². The predicted octanol–water partition coefficient (Wildman–Crippen LogP) is 5.16. The molecule has 1 aromatic heterocycles. The van der Waals surface area contributed by atoms with Crippen LogP contribution in [0.4, 0.5) is 0 Å². The standard InChI is InChI=1S/C30H25N3O6S/c1-17-13-23(29(36)39-4)22(14-25(17)37-2)19-9-11-20(12-10-19)26-24(15-31)27(34)33-30(32-26)40-16-18-5-7-21(8-6-18)28(35)38-3/h5-14H,16H2,1-4H3,(H,32,33,34). The zero-order valence-corrected chi connectivity index (χ0v) is 23.0. The Labute approximate surface area is 234 Å². The van der Waals surface area contributed by atoms with Gasteiger partial charge in [-0.05, 0) is 53.4 Å². The Hall–Kier alpha value is -4.88. The van der Waals surface area contributed by atoms with Gasteiger partial charge in [-0.3, -0.25) is 4.79 Å².